The van der Waals surface area contributed by atoms with Crippen LogP contribution in [0, 0.1) is 0 Å². The lowest BCUT2D eigenvalue weighted by Crippen LogP contribution is -2.58. The molecule has 27 heavy (non-hydrogen) atoms. The highest BCUT2D eigenvalue weighted by Crippen LogP contribution is 2.21. The summed E-state index contributed by atoms with van der Waals surface area (Å²) in [4.78, 5) is 27.4. The van der Waals surface area contributed by atoms with E-state index in [-0.39, 0.29) is 34.9 Å². The van der Waals surface area contributed by atoms with E-state index >= 15 is 0 Å². The Bertz CT molecular complexity index is 896. The van der Waals surface area contributed by atoms with Crippen molar-refractivity contribution < 1.29 is 9.53 Å². The van der Waals surface area contributed by atoms with Crippen LogP contribution >= 0.6 is 0 Å². The number of hydrogen-bond donors (Lipinski definition) is 1. The van der Waals surface area contributed by atoms with Gasteiger partial charge in [-0.05, 0) is 33.8 Å². The quantitative estimate of drug-likeness (QED) is 0.881. The number of morpholine rings is 1. The molecule has 1 saturated heterocycles. The fourth-order valence-corrected chi connectivity index (χ4v) is 3.63. The van der Waals surface area contributed by atoms with E-state index in [0.29, 0.717) is 17.3 Å². The minimum Gasteiger partial charge on any atom is -0.373 e. The van der Waals surface area contributed by atoms with Gasteiger partial charge in [-0.3, -0.25) is 14.5 Å². The Kier molecular flexibility index (Phi) is 5.35. The van der Waals surface area contributed by atoms with Crippen molar-refractivity contribution in [2.24, 2.45) is 7.05 Å². The van der Waals surface area contributed by atoms with Crippen LogP contribution in [0.1, 0.15) is 38.2 Å². The Balaban J connectivity index is 1.79. The Labute approximate surface area is 159 Å². The fourth-order valence-electron chi connectivity index (χ4n) is 3.63. The second-order valence-electron chi connectivity index (χ2n) is 7.98. The van der Waals surface area contributed by atoms with Gasteiger partial charge in [-0.15, -0.1) is 0 Å². The molecule has 2 atom stereocenters. The number of nitrogens with one attached hydrogen (secondary N) is 1. The molecule has 0 radical (unpaired) electrons. The molecule has 0 unspecified atom stereocenters. The molecule has 1 fully saturated rings. The van der Waals surface area contributed by atoms with Crippen LogP contribution < -0.4 is 10.9 Å². The summed E-state index contributed by atoms with van der Waals surface area (Å²) in [5, 5.41) is 8.27. The number of aryl methyl sites for hydroxylation is 1. The zero-order valence-electron chi connectivity index (χ0n) is 16.7. The summed E-state index contributed by atoms with van der Waals surface area (Å²) in [6.07, 6.45) is 0.330. The highest BCUT2D eigenvalue weighted by atomic mass is 16.5. The molecule has 3 rings (SSSR count). The molecule has 1 aliphatic heterocycles. The van der Waals surface area contributed by atoms with E-state index in [1.165, 1.54) is 4.68 Å². The monoisotopic (exact) mass is 372 g/mol. The molecule has 2 heterocycles. The molecular weight excluding hydrogens is 344 g/mol. The number of ether oxygens (including phenoxy) is 1. The molecule has 0 saturated carbocycles. The van der Waals surface area contributed by atoms with Gasteiger partial charge in [-0.25, -0.2) is 4.68 Å². The first-order chi connectivity index (χ1) is 12.7. The molecule has 1 N–H and O–H groups in total. The number of carbonyl (C=O) groups is 1. The number of rotatable bonds is 4. The fraction of sp³-hybridized carbons (Fsp3) is 0.550. The molecule has 7 heteroatoms. The van der Waals surface area contributed by atoms with Crippen molar-refractivity contribution in [3.63, 3.8) is 0 Å². The Morgan fingerprint density at radius 2 is 1.81 bits per heavy atom. The molecule has 7 nitrogen and oxygen atoms in total. The maximum atomic E-state index is 12.8. The zero-order valence-corrected chi connectivity index (χ0v) is 16.7. The van der Waals surface area contributed by atoms with Crippen LogP contribution in [-0.2, 0) is 11.8 Å². The van der Waals surface area contributed by atoms with Crippen molar-refractivity contribution in [2.75, 3.05) is 19.6 Å². The predicted octanol–water partition coefficient (Wildman–Crippen LogP) is 1.55. The maximum Gasteiger partial charge on any atom is 0.274 e. The van der Waals surface area contributed by atoms with Gasteiger partial charge in [0.15, 0.2) is 5.69 Å². The summed E-state index contributed by atoms with van der Waals surface area (Å²) >= 11 is 0. The normalized spacial score (nSPS) is 21.4. The van der Waals surface area contributed by atoms with Gasteiger partial charge in [0.1, 0.15) is 0 Å². The van der Waals surface area contributed by atoms with E-state index in [1.54, 1.807) is 31.3 Å². The molecule has 0 spiro atoms. The second-order valence-corrected chi connectivity index (χ2v) is 7.98. The van der Waals surface area contributed by atoms with Crippen molar-refractivity contribution in [3.8, 4) is 0 Å². The highest BCUT2D eigenvalue weighted by molar-refractivity contribution is 6.04. The van der Waals surface area contributed by atoms with Gasteiger partial charge in [0.25, 0.3) is 11.5 Å². The van der Waals surface area contributed by atoms with E-state index in [1.807, 2.05) is 0 Å². The smallest absolute Gasteiger partial charge is 0.274 e. The van der Waals surface area contributed by atoms with Crippen LogP contribution in [0.15, 0.2) is 29.1 Å². The third kappa shape index (κ3) is 4.04. The standard InChI is InChI=1S/C20H28N4O3/c1-13-10-24(11-14(2)27-13)20(3,4)12-21-18(25)17-15-8-6-7-9-16(15)19(26)23(5)22-17/h6-9,13-14H,10-12H2,1-5H3,(H,21,25)/t13-,14-/m1/s1. The van der Waals surface area contributed by atoms with Crippen molar-refractivity contribution >= 4 is 16.7 Å². The average Bonchev–Trinajstić information content (AvgIpc) is 2.62. The summed E-state index contributed by atoms with van der Waals surface area (Å²) < 4.78 is 7.02. The minimum absolute atomic E-state index is 0.165. The van der Waals surface area contributed by atoms with E-state index in [9.17, 15) is 9.59 Å². The van der Waals surface area contributed by atoms with Crippen LogP contribution in [0.25, 0.3) is 10.8 Å². The molecular formula is C20H28N4O3. The number of fused-ring (bicyclic) bond motifs is 1. The lowest BCUT2D eigenvalue weighted by molar-refractivity contribution is -0.0948. The first-order valence-electron chi connectivity index (χ1n) is 9.34. The number of hydrogen-bond acceptors (Lipinski definition) is 5. The van der Waals surface area contributed by atoms with Crippen molar-refractivity contribution in [1.29, 1.82) is 0 Å². The first-order valence-corrected chi connectivity index (χ1v) is 9.34. The van der Waals surface area contributed by atoms with Crippen molar-refractivity contribution in [1.82, 2.24) is 20.0 Å². The molecule has 146 valence electrons. The first kappa shape index (κ1) is 19.5. The molecule has 0 aliphatic carbocycles. The lowest BCUT2D eigenvalue weighted by atomic mass is 10.00. The van der Waals surface area contributed by atoms with Gasteiger partial charge >= 0.3 is 0 Å². The molecule has 0 bridgehead atoms. The lowest BCUT2D eigenvalue weighted by Gasteiger charge is -2.45. The number of aromatic nitrogens is 2. The van der Waals surface area contributed by atoms with Crippen molar-refractivity contribution in [3.05, 3.63) is 40.3 Å². The van der Waals surface area contributed by atoms with Gasteiger partial charge in [-0.1, -0.05) is 18.2 Å². The average molecular weight is 372 g/mol. The van der Waals surface area contributed by atoms with E-state index < -0.39 is 0 Å². The summed E-state index contributed by atoms with van der Waals surface area (Å²) in [6.45, 7) is 10.5. The van der Waals surface area contributed by atoms with E-state index in [0.717, 1.165) is 13.1 Å². The van der Waals surface area contributed by atoms with Crippen LogP contribution in [0.5, 0.6) is 0 Å². The van der Waals surface area contributed by atoms with Crippen LogP contribution in [-0.4, -0.2) is 58.0 Å². The number of benzene rings is 1. The summed E-state index contributed by atoms with van der Waals surface area (Å²) in [6, 6.07) is 7.07. The number of amides is 1. The summed E-state index contributed by atoms with van der Waals surface area (Å²) in [5.41, 5.74) is -0.163. The van der Waals surface area contributed by atoms with Gasteiger partial charge < -0.3 is 10.1 Å². The molecule has 1 amide bonds. The van der Waals surface area contributed by atoms with Gasteiger partial charge in [0, 0.05) is 37.6 Å². The Morgan fingerprint density at radius 1 is 1.22 bits per heavy atom. The predicted molar refractivity (Wildman–Crippen MR) is 105 cm³/mol. The number of nitrogens with zero attached hydrogens (tertiary/aromatic N) is 3. The maximum absolute atomic E-state index is 12.8. The third-order valence-corrected chi connectivity index (χ3v) is 5.13. The van der Waals surface area contributed by atoms with E-state index in [4.69, 9.17) is 4.74 Å². The molecule has 1 aromatic heterocycles. The number of carbonyl (C=O) groups excluding carboxylic acids is 1. The molecule has 1 aromatic carbocycles. The molecule has 2 aromatic rings. The Morgan fingerprint density at radius 3 is 2.44 bits per heavy atom. The van der Waals surface area contributed by atoms with Gasteiger partial charge in [0.05, 0.1) is 17.6 Å². The van der Waals surface area contributed by atoms with Gasteiger partial charge in [0.2, 0.25) is 0 Å². The summed E-state index contributed by atoms with van der Waals surface area (Å²) in [5.74, 6) is -0.274. The van der Waals surface area contributed by atoms with Crippen LogP contribution in [0.3, 0.4) is 0 Å². The third-order valence-electron chi connectivity index (χ3n) is 5.13. The van der Waals surface area contributed by atoms with E-state index in [2.05, 4.69) is 43.0 Å². The second kappa shape index (κ2) is 7.40. The summed E-state index contributed by atoms with van der Waals surface area (Å²) in [7, 11) is 1.56. The molecule has 1 aliphatic rings. The Hall–Kier alpha value is -2.25. The van der Waals surface area contributed by atoms with Gasteiger partial charge in [-0.2, -0.15) is 5.10 Å². The largest absolute Gasteiger partial charge is 0.373 e. The topological polar surface area (TPSA) is 76.5 Å². The van der Waals surface area contributed by atoms with Crippen LogP contribution in [0.4, 0.5) is 0 Å². The van der Waals surface area contributed by atoms with Crippen molar-refractivity contribution in [2.45, 2.75) is 45.4 Å². The zero-order chi connectivity index (χ0) is 19.8. The SMILES string of the molecule is C[C@@H]1CN(C(C)(C)CNC(=O)c2nn(C)c(=O)c3ccccc23)C[C@@H](C)O1. The highest BCUT2D eigenvalue weighted by Gasteiger charge is 2.33. The minimum atomic E-state index is -0.274. The van der Waals surface area contributed by atoms with Crippen LogP contribution in [0.2, 0.25) is 0 Å².